The summed E-state index contributed by atoms with van der Waals surface area (Å²) in [4.78, 5) is 22.2. The molecule has 0 aliphatic carbocycles. The first-order valence-corrected chi connectivity index (χ1v) is 4.73. The van der Waals surface area contributed by atoms with Crippen molar-refractivity contribution < 1.29 is 29.3 Å². The third kappa shape index (κ3) is 3.49. The fraction of sp³-hybridized carbons (Fsp3) is 0.778. The van der Waals surface area contributed by atoms with E-state index in [4.69, 9.17) is 4.74 Å². The lowest BCUT2D eigenvalue weighted by molar-refractivity contribution is -0.216. The van der Waals surface area contributed by atoms with Crippen LogP contribution in [0.5, 0.6) is 0 Å². The second-order valence-corrected chi connectivity index (χ2v) is 3.57. The number of aliphatic hydroxyl groups is 2. The van der Waals surface area contributed by atoms with Crippen LogP contribution in [0.15, 0.2) is 0 Å². The summed E-state index contributed by atoms with van der Waals surface area (Å²) in [6, 6.07) is 0. The summed E-state index contributed by atoms with van der Waals surface area (Å²) in [5.74, 6) is -4.04. The highest BCUT2D eigenvalue weighted by atomic mass is 16.6. The molecule has 6 nitrogen and oxygen atoms in total. The highest BCUT2D eigenvalue weighted by Gasteiger charge is 2.36. The molecule has 0 aromatic heterocycles. The predicted molar refractivity (Wildman–Crippen MR) is 47.5 cm³/mol. The van der Waals surface area contributed by atoms with Crippen LogP contribution in [0.3, 0.4) is 0 Å². The molecule has 2 N–H and O–H groups in total. The third-order valence-corrected chi connectivity index (χ3v) is 2.01. The maximum atomic E-state index is 11.1. The standard InChI is InChI=1S/C9H14O6/c1-6-5-14-8(11)9(12,13)4-2-3-7(10)15-6/h6,12-13H,2-5H2,1H3. The van der Waals surface area contributed by atoms with Crippen LogP contribution >= 0.6 is 0 Å². The molecule has 1 saturated heterocycles. The van der Waals surface area contributed by atoms with Crippen LogP contribution in [0.4, 0.5) is 0 Å². The minimum atomic E-state index is -2.50. The molecule has 0 amide bonds. The van der Waals surface area contributed by atoms with Gasteiger partial charge < -0.3 is 19.7 Å². The molecular formula is C9H14O6. The van der Waals surface area contributed by atoms with Crippen molar-refractivity contribution in [2.75, 3.05) is 6.61 Å². The summed E-state index contributed by atoms with van der Waals surface area (Å²) >= 11 is 0. The summed E-state index contributed by atoms with van der Waals surface area (Å²) in [5, 5.41) is 18.5. The second-order valence-electron chi connectivity index (χ2n) is 3.57. The summed E-state index contributed by atoms with van der Waals surface area (Å²) in [6.45, 7) is 1.39. The summed E-state index contributed by atoms with van der Waals surface area (Å²) < 4.78 is 9.44. The number of carbonyl (C=O) groups excluding carboxylic acids is 2. The van der Waals surface area contributed by atoms with Gasteiger partial charge in [0.15, 0.2) is 0 Å². The SMILES string of the molecule is CC1COC(=O)C(O)(O)CCCC(=O)O1. The van der Waals surface area contributed by atoms with Crippen LogP contribution in [0.1, 0.15) is 26.2 Å². The van der Waals surface area contributed by atoms with Crippen molar-refractivity contribution >= 4 is 11.9 Å². The van der Waals surface area contributed by atoms with Crippen molar-refractivity contribution in [1.82, 2.24) is 0 Å². The lowest BCUT2D eigenvalue weighted by Crippen LogP contribution is -2.42. The average molecular weight is 218 g/mol. The van der Waals surface area contributed by atoms with E-state index in [1.165, 1.54) is 0 Å². The maximum absolute atomic E-state index is 11.1. The molecule has 0 saturated carbocycles. The highest BCUT2D eigenvalue weighted by Crippen LogP contribution is 2.15. The van der Waals surface area contributed by atoms with E-state index in [1.54, 1.807) is 6.92 Å². The van der Waals surface area contributed by atoms with Crippen LogP contribution in [0.2, 0.25) is 0 Å². The smallest absolute Gasteiger partial charge is 0.366 e. The van der Waals surface area contributed by atoms with E-state index in [0.717, 1.165) is 0 Å². The van der Waals surface area contributed by atoms with Gasteiger partial charge in [0.1, 0.15) is 12.7 Å². The Kier molecular flexibility index (Phi) is 3.65. The molecule has 6 heteroatoms. The first-order chi connectivity index (χ1) is 6.92. The van der Waals surface area contributed by atoms with Crippen molar-refractivity contribution in [3.05, 3.63) is 0 Å². The van der Waals surface area contributed by atoms with Gasteiger partial charge in [-0.1, -0.05) is 0 Å². The quantitative estimate of drug-likeness (QED) is 0.413. The molecule has 0 aromatic rings. The van der Waals surface area contributed by atoms with E-state index >= 15 is 0 Å². The lowest BCUT2D eigenvalue weighted by Gasteiger charge is -2.22. The first-order valence-electron chi connectivity index (χ1n) is 4.73. The van der Waals surface area contributed by atoms with E-state index in [-0.39, 0.29) is 25.9 Å². The molecule has 1 fully saturated rings. The fourth-order valence-electron chi connectivity index (χ4n) is 1.21. The van der Waals surface area contributed by atoms with Gasteiger partial charge in [-0.25, -0.2) is 4.79 Å². The zero-order valence-corrected chi connectivity index (χ0v) is 8.43. The average Bonchev–Trinajstić information content (AvgIpc) is 2.12. The lowest BCUT2D eigenvalue weighted by atomic mass is 10.1. The van der Waals surface area contributed by atoms with Crippen molar-refractivity contribution in [3.63, 3.8) is 0 Å². The largest absolute Gasteiger partial charge is 0.459 e. The molecule has 0 aromatic carbocycles. The Bertz CT molecular complexity index is 259. The van der Waals surface area contributed by atoms with Gasteiger partial charge in [0.25, 0.3) is 5.79 Å². The zero-order valence-electron chi connectivity index (χ0n) is 8.43. The van der Waals surface area contributed by atoms with Gasteiger partial charge in [-0.2, -0.15) is 0 Å². The van der Waals surface area contributed by atoms with E-state index < -0.39 is 23.8 Å². The summed E-state index contributed by atoms with van der Waals surface area (Å²) in [7, 11) is 0. The second kappa shape index (κ2) is 4.59. The van der Waals surface area contributed by atoms with Crippen LogP contribution in [-0.4, -0.2) is 40.6 Å². The molecule has 15 heavy (non-hydrogen) atoms. The van der Waals surface area contributed by atoms with E-state index in [0.29, 0.717) is 0 Å². The minimum Gasteiger partial charge on any atom is -0.459 e. The summed E-state index contributed by atoms with van der Waals surface area (Å²) in [6.07, 6.45) is -0.598. The first kappa shape index (κ1) is 11.9. The maximum Gasteiger partial charge on any atom is 0.366 e. The van der Waals surface area contributed by atoms with Gasteiger partial charge in [0.2, 0.25) is 0 Å². The molecular weight excluding hydrogens is 204 g/mol. The molecule has 0 spiro atoms. The van der Waals surface area contributed by atoms with Gasteiger partial charge in [-0.15, -0.1) is 0 Å². The van der Waals surface area contributed by atoms with Crippen LogP contribution in [0.25, 0.3) is 0 Å². The number of rotatable bonds is 0. The van der Waals surface area contributed by atoms with Crippen LogP contribution in [-0.2, 0) is 19.1 Å². The van der Waals surface area contributed by atoms with Crippen molar-refractivity contribution in [2.24, 2.45) is 0 Å². The van der Waals surface area contributed by atoms with Crippen molar-refractivity contribution in [3.8, 4) is 0 Å². The Hall–Kier alpha value is -1.14. The van der Waals surface area contributed by atoms with Crippen molar-refractivity contribution in [2.45, 2.75) is 38.1 Å². The number of ether oxygens (including phenoxy) is 2. The molecule has 1 unspecified atom stereocenters. The number of esters is 2. The molecule has 1 rings (SSSR count). The Balaban J connectivity index is 2.65. The number of carbonyl (C=O) groups is 2. The molecule has 0 radical (unpaired) electrons. The monoisotopic (exact) mass is 218 g/mol. The molecule has 1 atom stereocenters. The minimum absolute atomic E-state index is 0.0560. The molecule has 1 aliphatic rings. The van der Waals surface area contributed by atoms with E-state index in [1.807, 2.05) is 0 Å². The van der Waals surface area contributed by atoms with Gasteiger partial charge in [-0.05, 0) is 13.3 Å². The number of hydrogen-bond acceptors (Lipinski definition) is 6. The summed E-state index contributed by atoms with van der Waals surface area (Å²) in [5.41, 5.74) is 0. The Morgan fingerprint density at radius 1 is 1.40 bits per heavy atom. The van der Waals surface area contributed by atoms with Crippen molar-refractivity contribution in [1.29, 1.82) is 0 Å². The molecule has 1 aliphatic heterocycles. The normalized spacial score (nSPS) is 27.8. The molecule has 86 valence electrons. The zero-order chi connectivity index (χ0) is 11.5. The Morgan fingerprint density at radius 3 is 2.73 bits per heavy atom. The third-order valence-electron chi connectivity index (χ3n) is 2.01. The van der Waals surface area contributed by atoms with Gasteiger partial charge in [-0.3, -0.25) is 4.79 Å². The van der Waals surface area contributed by atoms with Crippen LogP contribution < -0.4 is 0 Å². The van der Waals surface area contributed by atoms with Gasteiger partial charge >= 0.3 is 11.9 Å². The highest BCUT2D eigenvalue weighted by molar-refractivity contribution is 5.77. The topological polar surface area (TPSA) is 93.1 Å². The van der Waals surface area contributed by atoms with E-state index in [9.17, 15) is 19.8 Å². The fourth-order valence-corrected chi connectivity index (χ4v) is 1.21. The molecule has 1 heterocycles. The van der Waals surface area contributed by atoms with Crippen LogP contribution in [0, 0.1) is 0 Å². The van der Waals surface area contributed by atoms with Gasteiger partial charge in [0.05, 0.1) is 0 Å². The molecule has 0 bridgehead atoms. The predicted octanol–water partition coefficient (Wildman–Crippen LogP) is -0.674. The van der Waals surface area contributed by atoms with E-state index in [2.05, 4.69) is 4.74 Å². The Morgan fingerprint density at radius 2 is 2.07 bits per heavy atom. The number of cyclic esters (lactones) is 2. The number of hydrogen-bond donors (Lipinski definition) is 2. The Labute approximate surface area is 86.8 Å². The van der Waals surface area contributed by atoms with Gasteiger partial charge in [0, 0.05) is 12.8 Å².